The topological polar surface area (TPSA) is 66.3 Å². The fourth-order valence-corrected chi connectivity index (χ4v) is 2.36. The van der Waals surface area contributed by atoms with Crippen molar-refractivity contribution in [3.05, 3.63) is 40.1 Å². The maximum atomic E-state index is 12.1. The molecule has 0 aromatic carbocycles. The maximum absolute atomic E-state index is 12.1. The van der Waals surface area contributed by atoms with E-state index in [-0.39, 0.29) is 11.7 Å². The maximum Gasteiger partial charge on any atom is 0.255 e. The second kappa shape index (κ2) is 5.14. The SMILES string of the molecule is Cc1ncsc1CN(C)C(=O)c1cncc(O)c1. The lowest BCUT2D eigenvalue weighted by Gasteiger charge is -2.16. The quantitative estimate of drug-likeness (QED) is 0.917. The molecule has 0 unspecified atom stereocenters. The van der Waals surface area contributed by atoms with Crippen LogP contribution >= 0.6 is 11.3 Å². The Morgan fingerprint density at radius 3 is 2.89 bits per heavy atom. The van der Waals surface area contributed by atoms with Crippen LogP contribution in [0.4, 0.5) is 0 Å². The van der Waals surface area contributed by atoms with Gasteiger partial charge in [-0.15, -0.1) is 11.3 Å². The summed E-state index contributed by atoms with van der Waals surface area (Å²) in [5.74, 6) is -0.186. The van der Waals surface area contributed by atoms with Crippen molar-refractivity contribution in [1.29, 1.82) is 0 Å². The molecule has 0 fully saturated rings. The molecule has 0 spiro atoms. The van der Waals surface area contributed by atoms with Crippen molar-refractivity contribution in [2.45, 2.75) is 13.5 Å². The molecule has 0 atom stereocenters. The molecule has 2 heterocycles. The van der Waals surface area contributed by atoms with Crippen LogP contribution in [0.3, 0.4) is 0 Å². The molecular weight excluding hydrogens is 250 g/mol. The Kier molecular flexibility index (Phi) is 3.57. The van der Waals surface area contributed by atoms with E-state index >= 15 is 0 Å². The summed E-state index contributed by atoms with van der Waals surface area (Å²) in [5.41, 5.74) is 3.08. The van der Waals surface area contributed by atoms with Gasteiger partial charge in [0.05, 0.1) is 29.5 Å². The Labute approximate surface area is 109 Å². The van der Waals surface area contributed by atoms with Crippen LogP contribution in [0, 0.1) is 6.92 Å². The van der Waals surface area contributed by atoms with Gasteiger partial charge < -0.3 is 10.0 Å². The van der Waals surface area contributed by atoms with Crippen molar-refractivity contribution in [2.24, 2.45) is 0 Å². The Hall–Kier alpha value is -1.95. The minimum absolute atomic E-state index is 0.0109. The molecule has 0 aliphatic carbocycles. The number of thiazole rings is 1. The highest BCUT2D eigenvalue weighted by Crippen LogP contribution is 2.16. The van der Waals surface area contributed by atoms with Crippen LogP contribution in [-0.4, -0.2) is 32.9 Å². The minimum atomic E-state index is -0.175. The van der Waals surface area contributed by atoms with Gasteiger partial charge in [0, 0.05) is 18.1 Å². The van der Waals surface area contributed by atoms with Crippen LogP contribution in [0.1, 0.15) is 20.9 Å². The van der Waals surface area contributed by atoms with Crippen LogP contribution in [0.5, 0.6) is 5.75 Å². The van der Waals surface area contributed by atoms with Gasteiger partial charge in [0.2, 0.25) is 0 Å². The number of aromatic nitrogens is 2. The van der Waals surface area contributed by atoms with Crippen molar-refractivity contribution in [2.75, 3.05) is 7.05 Å². The lowest BCUT2D eigenvalue weighted by Crippen LogP contribution is -2.26. The Bertz CT molecular complexity index is 568. The van der Waals surface area contributed by atoms with Gasteiger partial charge in [-0.05, 0) is 13.0 Å². The predicted octanol–water partition coefficient (Wildman–Crippen LogP) is 1.82. The van der Waals surface area contributed by atoms with Crippen LogP contribution in [0.25, 0.3) is 0 Å². The Morgan fingerprint density at radius 1 is 1.50 bits per heavy atom. The van der Waals surface area contributed by atoms with Gasteiger partial charge in [-0.25, -0.2) is 4.98 Å². The van der Waals surface area contributed by atoms with E-state index in [2.05, 4.69) is 9.97 Å². The van der Waals surface area contributed by atoms with Crippen molar-refractivity contribution < 1.29 is 9.90 Å². The largest absolute Gasteiger partial charge is 0.506 e. The van der Waals surface area contributed by atoms with Gasteiger partial charge >= 0.3 is 0 Å². The highest BCUT2D eigenvalue weighted by atomic mass is 32.1. The molecule has 2 rings (SSSR count). The molecule has 0 bridgehead atoms. The van der Waals surface area contributed by atoms with E-state index < -0.39 is 0 Å². The highest BCUT2D eigenvalue weighted by Gasteiger charge is 2.14. The Morgan fingerprint density at radius 2 is 2.28 bits per heavy atom. The molecule has 94 valence electrons. The van der Waals surface area contributed by atoms with E-state index in [9.17, 15) is 9.90 Å². The zero-order valence-corrected chi connectivity index (χ0v) is 10.9. The average Bonchev–Trinajstić information content (AvgIpc) is 2.74. The molecule has 18 heavy (non-hydrogen) atoms. The first-order valence-corrected chi connectivity index (χ1v) is 6.24. The van der Waals surface area contributed by atoms with Gasteiger partial charge in [-0.3, -0.25) is 9.78 Å². The first-order valence-electron chi connectivity index (χ1n) is 5.36. The van der Waals surface area contributed by atoms with E-state index in [1.54, 1.807) is 17.5 Å². The van der Waals surface area contributed by atoms with Gasteiger partial charge in [-0.2, -0.15) is 0 Å². The number of carbonyl (C=O) groups is 1. The number of hydrogen-bond donors (Lipinski definition) is 1. The summed E-state index contributed by atoms with van der Waals surface area (Å²) in [6, 6.07) is 1.41. The third kappa shape index (κ3) is 2.65. The van der Waals surface area contributed by atoms with Crippen molar-refractivity contribution >= 4 is 17.2 Å². The molecule has 0 aliphatic rings. The summed E-state index contributed by atoms with van der Waals surface area (Å²) in [6.07, 6.45) is 2.74. The zero-order chi connectivity index (χ0) is 13.1. The summed E-state index contributed by atoms with van der Waals surface area (Å²) in [5, 5.41) is 9.30. The lowest BCUT2D eigenvalue weighted by atomic mass is 10.2. The van der Waals surface area contributed by atoms with Crippen molar-refractivity contribution in [3.8, 4) is 5.75 Å². The number of aromatic hydroxyl groups is 1. The monoisotopic (exact) mass is 263 g/mol. The second-order valence-electron chi connectivity index (χ2n) is 3.95. The van der Waals surface area contributed by atoms with Crippen LogP contribution in [0.2, 0.25) is 0 Å². The number of nitrogens with zero attached hydrogens (tertiary/aromatic N) is 3. The van der Waals surface area contributed by atoms with E-state index in [1.165, 1.54) is 29.8 Å². The molecule has 2 aromatic rings. The summed E-state index contributed by atoms with van der Waals surface area (Å²) in [4.78, 5) is 22.7. The molecule has 6 heteroatoms. The number of aryl methyl sites for hydroxylation is 1. The Balaban J connectivity index is 2.12. The third-order valence-corrected chi connectivity index (χ3v) is 3.46. The van der Waals surface area contributed by atoms with Gasteiger partial charge in [0.15, 0.2) is 0 Å². The summed E-state index contributed by atoms with van der Waals surface area (Å²) < 4.78 is 0. The van der Waals surface area contributed by atoms with Crippen LogP contribution in [0.15, 0.2) is 24.0 Å². The van der Waals surface area contributed by atoms with E-state index in [1.807, 2.05) is 6.92 Å². The first-order chi connectivity index (χ1) is 8.58. The highest BCUT2D eigenvalue weighted by molar-refractivity contribution is 7.09. The van der Waals surface area contributed by atoms with Crippen molar-refractivity contribution in [3.63, 3.8) is 0 Å². The van der Waals surface area contributed by atoms with Gasteiger partial charge in [-0.1, -0.05) is 0 Å². The zero-order valence-electron chi connectivity index (χ0n) is 10.1. The van der Waals surface area contributed by atoms with Crippen LogP contribution < -0.4 is 0 Å². The smallest absolute Gasteiger partial charge is 0.255 e. The fourth-order valence-electron chi connectivity index (χ4n) is 1.53. The molecule has 1 amide bonds. The predicted molar refractivity (Wildman–Crippen MR) is 68.6 cm³/mol. The molecule has 0 saturated carbocycles. The fraction of sp³-hybridized carbons (Fsp3) is 0.250. The molecular formula is C12H13N3O2S. The number of hydrogen-bond acceptors (Lipinski definition) is 5. The summed E-state index contributed by atoms with van der Waals surface area (Å²) >= 11 is 1.52. The van der Waals surface area contributed by atoms with Crippen LogP contribution in [-0.2, 0) is 6.54 Å². The molecule has 1 N–H and O–H groups in total. The molecule has 0 radical (unpaired) electrons. The number of rotatable bonds is 3. The standard InChI is InChI=1S/C12H13N3O2S/c1-8-11(18-7-14-8)6-15(2)12(17)9-3-10(16)5-13-4-9/h3-5,7,16H,6H2,1-2H3. The normalized spacial score (nSPS) is 10.3. The summed E-state index contributed by atoms with van der Waals surface area (Å²) in [7, 11) is 1.71. The first kappa shape index (κ1) is 12.5. The van der Waals surface area contributed by atoms with E-state index in [4.69, 9.17) is 0 Å². The molecule has 2 aromatic heterocycles. The number of pyridine rings is 1. The minimum Gasteiger partial charge on any atom is -0.506 e. The number of amides is 1. The van der Waals surface area contributed by atoms with Gasteiger partial charge in [0.1, 0.15) is 5.75 Å². The average molecular weight is 263 g/mol. The molecule has 5 nitrogen and oxygen atoms in total. The summed E-state index contributed by atoms with van der Waals surface area (Å²) in [6.45, 7) is 2.42. The van der Waals surface area contributed by atoms with Gasteiger partial charge in [0.25, 0.3) is 5.91 Å². The van der Waals surface area contributed by atoms with Crippen molar-refractivity contribution in [1.82, 2.24) is 14.9 Å². The third-order valence-electron chi connectivity index (χ3n) is 2.54. The molecule has 0 saturated heterocycles. The second-order valence-corrected chi connectivity index (χ2v) is 4.89. The number of carbonyl (C=O) groups excluding carboxylic acids is 1. The molecule has 0 aliphatic heterocycles. The lowest BCUT2D eigenvalue weighted by molar-refractivity contribution is 0.0785. The van der Waals surface area contributed by atoms with E-state index in [0.717, 1.165) is 10.6 Å². The van der Waals surface area contributed by atoms with E-state index in [0.29, 0.717) is 12.1 Å².